The van der Waals surface area contributed by atoms with Crippen molar-refractivity contribution in [1.29, 1.82) is 0 Å². The van der Waals surface area contributed by atoms with Crippen LogP contribution in [-0.2, 0) is 0 Å². The molecule has 0 radical (unpaired) electrons. The lowest BCUT2D eigenvalue weighted by molar-refractivity contribution is 0.102. The number of benzene rings is 2. The summed E-state index contributed by atoms with van der Waals surface area (Å²) in [5.74, 6) is 0.418. The van der Waals surface area contributed by atoms with Crippen molar-refractivity contribution in [2.75, 3.05) is 5.32 Å². The van der Waals surface area contributed by atoms with Gasteiger partial charge in [-0.25, -0.2) is 4.98 Å². The Balaban J connectivity index is 2.00. The van der Waals surface area contributed by atoms with Gasteiger partial charge >= 0.3 is 0 Å². The van der Waals surface area contributed by atoms with E-state index in [1.807, 2.05) is 19.1 Å². The zero-order valence-corrected chi connectivity index (χ0v) is 12.6. The van der Waals surface area contributed by atoms with Gasteiger partial charge in [-0.05, 0) is 31.2 Å². The van der Waals surface area contributed by atoms with Gasteiger partial charge in [0.05, 0.1) is 26.8 Å². The third-order valence-electron chi connectivity index (χ3n) is 3.07. The highest BCUT2D eigenvalue weighted by atomic mass is 35.5. The number of fused-ring (bicyclic) bond motifs is 1. The molecule has 106 valence electrons. The van der Waals surface area contributed by atoms with E-state index < -0.39 is 0 Å². The van der Waals surface area contributed by atoms with E-state index >= 15 is 0 Å². The molecular weight excluding hydrogens is 309 g/mol. The normalized spacial score (nSPS) is 10.8. The minimum Gasteiger partial charge on any atom is -0.342 e. The Morgan fingerprint density at radius 1 is 1.14 bits per heavy atom. The molecule has 0 spiro atoms. The molecule has 3 rings (SSSR count). The number of H-pyrrole nitrogens is 1. The van der Waals surface area contributed by atoms with E-state index in [0.717, 1.165) is 11.3 Å². The van der Waals surface area contributed by atoms with E-state index in [1.165, 1.54) is 0 Å². The molecule has 0 bridgehead atoms. The Labute approximate surface area is 131 Å². The van der Waals surface area contributed by atoms with E-state index in [-0.39, 0.29) is 11.5 Å². The number of hydrogen-bond donors (Lipinski definition) is 2. The molecule has 0 aliphatic rings. The second-order valence-electron chi connectivity index (χ2n) is 4.57. The van der Waals surface area contributed by atoms with Crippen LogP contribution in [-0.4, -0.2) is 15.9 Å². The molecule has 1 amide bonds. The second-order valence-corrected chi connectivity index (χ2v) is 5.39. The number of aromatic amines is 1. The first-order valence-corrected chi connectivity index (χ1v) is 7.02. The standard InChI is InChI=1S/C15H11Cl2N3O/c1-8-18-11-6-3-7-12(14(11)19-8)20-15(21)13-9(16)4-2-5-10(13)17/h2-7H,1H3,(H,18,19)(H,20,21). The number of carbonyl (C=O) groups is 1. The van der Waals surface area contributed by atoms with Crippen molar-refractivity contribution in [3.8, 4) is 0 Å². The van der Waals surface area contributed by atoms with Gasteiger partial charge in [0.25, 0.3) is 5.91 Å². The average Bonchev–Trinajstić information content (AvgIpc) is 2.80. The molecule has 0 saturated carbocycles. The van der Waals surface area contributed by atoms with Crippen LogP contribution in [0.1, 0.15) is 16.2 Å². The van der Waals surface area contributed by atoms with Crippen molar-refractivity contribution >= 4 is 45.8 Å². The SMILES string of the molecule is Cc1nc2c(NC(=O)c3c(Cl)cccc3Cl)cccc2[nH]1. The van der Waals surface area contributed by atoms with Gasteiger partial charge in [0.2, 0.25) is 0 Å². The van der Waals surface area contributed by atoms with Crippen molar-refractivity contribution in [2.24, 2.45) is 0 Å². The Morgan fingerprint density at radius 2 is 1.81 bits per heavy atom. The van der Waals surface area contributed by atoms with Gasteiger partial charge in [-0.2, -0.15) is 0 Å². The number of nitrogens with zero attached hydrogens (tertiary/aromatic N) is 1. The lowest BCUT2D eigenvalue weighted by Gasteiger charge is -2.08. The molecule has 0 atom stereocenters. The molecule has 21 heavy (non-hydrogen) atoms. The first-order chi connectivity index (χ1) is 10.1. The van der Waals surface area contributed by atoms with Gasteiger partial charge in [-0.15, -0.1) is 0 Å². The summed E-state index contributed by atoms with van der Waals surface area (Å²) in [6.07, 6.45) is 0. The van der Waals surface area contributed by atoms with Crippen LogP contribution in [0, 0.1) is 6.92 Å². The van der Waals surface area contributed by atoms with Crippen LogP contribution in [0.2, 0.25) is 10.0 Å². The summed E-state index contributed by atoms with van der Waals surface area (Å²) >= 11 is 12.1. The number of imidazole rings is 1. The number of rotatable bonds is 2. The highest BCUT2D eigenvalue weighted by Gasteiger charge is 2.16. The molecule has 2 aromatic carbocycles. The van der Waals surface area contributed by atoms with Crippen LogP contribution in [0.25, 0.3) is 11.0 Å². The highest BCUT2D eigenvalue weighted by molar-refractivity contribution is 6.40. The number of amides is 1. The van der Waals surface area contributed by atoms with E-state index in [1.54, 1.807) is 24.3 Å². The lowest BCUT2D eigenvalue weighted by Crippen LogP contribution is -2.13. The van der Waals surface area contributed by atoms with E-state index in [2.05, 4.69) is 15.3 Å². The first kappa shape index (κ1) is 13.9. The third-order valence-corrected chi connectivity index (χ3v) is 3.70. The van der Waals surface area contributed by atoms with Gasteiger partial charge in [0, 0.05) is 0 Å². The maximum absolute atomic E-state index is 12.4. The number of nitrogens with one attached hydrogen (secondary N) is 2. The van der Waals surface area contributed by atoms with Gasteiger partial charge in [-0.1, -0.05) is 35.3 Å². The molecular formula is C15H11Cl2N3O. The van der Waals surface area contributed by atoms with Gasteiger partial charge in [0.15, 0.2) is 0 Å². The number of halogens is 2. The van der Waals surface area contributed by atoms with E-state index in [9.17, 15) is 4.79 Å². The summed E-state index contributed by atoms with van der Waals surface area (Å²) in [6, 6.07) is 10.5. The first-order valence-electron chi connectivity index (χ1n) is 6.27. The van der Waals surface area contributed by atoms with Crippen molar-refractivity contribution in [1.82, 2.24) is 9.97 Å². The molecule has 1 heterocycles. The molecule has 0 aliphatic heterocycles. The topological polar surface area (TPSA) is 57.8 Å². The second kappa shape index (κ2) is 5.39. The molecule has 6 heteroatoms. The van der Waals surface area contributed by atoms with Crippen LogP contribution in [0.4, 0.5) is 5.69 Å². The fourth-order valence-electron chi connectivity index (χ4n) is 2.16. The summed E-state index contributed by atoms with van der Waals surface area (Å²) < 4.78 is 0. The molecule has 4 nitrogen and oxygen atoms in total. The molecule has 3 aromatic rings. The number of aryl methyl sites for hydroxylation is 1. The van der Waals surface area contributed by atoms with Crippen molar-refractivity contribution in [3.05, 3.63) is 57.8 Å². The zero-order valence-electron chi connectivity index (χ0n) is 11.1. The fourth-order valence-corrected chi connectivity index (χ4v) is 2.72. The summed E-state index contributed by atoms with van der Waals surface area (Å²) in [5, 5.41) is 3.43. The number of para-hydroxylation sites is 1. The Morgan fingerprint density at radius 3 is 2.52 bits per heavy atom. The summed E-state index contributed by atoms with van der Waals surface area (Å²) in [5.41, 5.74) is 2.42. The van der Waals surface area contributed by atoms with E-state index in [0.29, 0.717) is 21.2 Å². The van der Waals surface area contributed by atoms with Crippen molar-refractivity contribution in [3.63, 3.8) is 0 Å². The highest BCUT2D eigenvalue weighted by Crippen LogP contribution is 2.27. The summed E-state index contributed by atoms with van der Waals surface area (Å²) in [7, 11) is 0. The maximum atomic E-state index is 12.4. The van der Waals surface area contributed by atoms with Crippen LogP contribution in [0.15, 0.2) is 36.4 Å². The van der Waals surface area contributed by atoms with Gasteiger partial charge in [-0.3, -0.25) is 4.79 Å². The lowest BCUT2D eigenvalue weighted by atomic mass is 10.2. The third kappa shape index (κ3) is 2.60. The van der Waals surface area contributed by atoms with Crippen LogP contribution in [0.5, 0.6) is 0 Å². The number of carbonyl (C=O) groups excluding carboxylic acids is 1. The molecule has 0 unspecified atom stereocenters. The van der Waals surface area contributed by atoms with Crippen LogP contribution in [0.3, 0.4) is 0 Å². The maximum Gasteiger partial charge on any atom is 0.258 e. The largest absolute Gasteiger partial charge is 0.342 e. The van der Waals surface area contributed by atoms with Crippen molar-refractivity contribution < 1.29 is 4.79 Å². The quantitative estimate of drug-likeness (QED) is 0.734. The predicted molar refractivity (Wildman–Crippen MR) is 85.2 cm³/mol. The molecule has 0 saturated heterocycles. The summed E-state index contributed by atoms with van der Waals surface area (Å²) in [6.45, 7) is 1.86. The van der Waals surface area contributed by atoms with Gasteiger partial charge < -0.3 is 10.3 Å². The Bertz CT molecular complexity index is 822. The minimum absolute atomic E-state index is 0.255. The number of hydrogen-bond acceptors (Lipinski definition) is 2. The molecule has 0 fully saturated rings. The fraction of sp³-hybridized carbons (Fsp3) is 0.0667. The summed E-state index contributed by atoms with van der Waals surface area (Å²) in [4.78, 5) is 19.9. The average molecular weight is 320 g/mol. The number of aromatic nitrogens is 2. The molecule has 1 aromatic heterocycles. The number of anilines is 1. The molecule has 0 aliphatic carbocycles. The predicted octanol–water partition coefficient (Wildman–Crippen LogP) is 4.43. The monoisotopic (exact) mass is 319 g/mol. The Kier molecular flexibility index (Phi) is 3.57. The Hall–Kier alpha value is -2.04. The van der Waals surface area contributed by atoms with Crippen LogP contribution < -0.4 is 5.32 Å². The minimum atomic E-state index is -0.362. The smallest absolute Gasteiger partial charge is 0.258 e. The van der Waals surface area contributed by atoms with E-state index in [4.69, 9.17) is 23.2 Å². The van der Waals surface area contributed by atoms with Crippen molar-refractivity contribution in [2.45, 2.75) is 6.92 Å². The van der Waals surface area contributed by atoms with Gasteiger partial charge in [0.1, 0.15) is 11.3 Å². The molecule has 2 N–H and O–H groups in total. The zero-order chi connectivity index (χ0) is 15.0. The van der Waals surface area contributed by atoms with Crippen LogP contribution >= 0.6 is 23.2 Å².